The number of hydrogen-bond acceptors (Lipinski definition) is 3. The second-order valence-electron chi connectivity index (χ2n) is 6.97. The van der Waals surface area contributed by atoms with E-state index >= 15 is 0 Å². The lowest BCUT2D eigenvalue weighted by molar-refractivity contribution is 0.671. The van der Waals surface area contributed by atoms with Crippen LogP contribution in [0.15, 0.2) is 57.0 Å². The van der Waals surface area contributed by atoms with Crippen LogP contribution >= 0.6 is 11.6 Å². The summed E-state index contributed by atoms with van der Waals surface area (Å²) in [5, 5.41) is 3.68. The number of fused-ring (bicyclic) bond motifs is 1. The number of rotatable bonds is 5. The SMILES string of the molecule is CCn1c(=O)n(CC)c2cc(N=Cc3c(C)[nH]n(-c4ccc(Cl)cc4)c3=O)ccc21. The molecule has 0 atom stereocenters. The summed E-state index contributed by atoms with van der Waals surface area (Å²) in [5.74, 6) is 0. The molecule has 30 heavy (non-hydrogen) atoms. The Balaban J connectivity index is 1.74. The number of aromatic nitrogens is 4. The molecule has 154 valence electrons. The third-order valence-corrected chi connectivity index (χ3v) is 5.43. The molecule has 0 fully saturated rings. The van der Waals surface area contributed by atoms with Crippen LogP contribution in [0.2, 0.25) is 5.02 Å². The van der Waals surface area contributed by atoms with Gasteiger partial charge in [0.05, 0.1) is 28.0 Å². The Morgan fingerprint density at radius 1 is 1.00 bits per heavy atom. The molecule has 0 saturated carbocycles. The van der Waals surface area contributed by atoms with E-state index in [0.29, 0.717) is 40.7 Å². The monoisotopic (exact) mass is 423 g/mol. The van der Waals surface area contributed by atoms with Gasteiger partial charge in [-0.15, -0.1) is 0 Å². The minimum Gasteiger partial charge on any atom is -0.295 e. The number of benzene rings is 2. The summed E-state index contributed by atoms with van der Waals surface area (Å²) in [4.78, 5) is 29.9. The zero-order valence-electron chi connectivity index (χ0n) is 17.0. The van der Waals surface area contributed by atoms with Gasteiger partial charge in [0.25, 0.3) is 5.56 Å². The quantitative estimate of drug-likeness (QED) is 0.492. The molecule has 2 heterocycles. The smallest absolute Gasteiger partial charge is 0.295 e. The Morgan fingerprint density at radius 3 is 2.33 bits per heavy atom. The molecule has 0 unspecified atom stereocenters. The van der Waals surface area contributed by atoms with E-state index in [4.69, 9.17) is 11.6 Å². The van der Waals surface area contributed by atoms with Crippen LogP contribution in [0.4, 0.5) is 5.69 Å². The number of aliphatic imine (C=N–C) groups is 1. The first-order valence-electron chi connectivity index (χ1n) is 9.79. The first-order valence-corrected chi connectivity index (χ1v) is 10.2. The predicted octanol–water partition coefficient (Wildman–Crippen LogP) is 4.03. The highest BCUT2D eigenvalue weighted by molar-refractivity contribution is 6.30. The maximum atomic E-state index is 12.9. The summed E-state index contributed by atoms with van der Waals surface area (Å²) in [7, 11) is 0. The second-order valence-corrected chi connectivity index (χ2v) is 7.41. The maximum absolute atomic E-state index is 12.9. The van der Waals surface area contributed by atoms with E-state index in [1.54, 1.807) is 39.6 Å². The highest BCUT2D eigenvalue weighted by atomic mass is 35.5. The molecule has 0 radical (unpaired) electrons. The van der Waals surface area contributed by atoms with Crippen LogP contribution in [-0.4, -0.2) is 25.1 Å². The summed E-state index contributed by atoms with van der Waals surface area (Å²) in [6.07, 6.45) is 1.56. The Bertz CT molecular complexity index is 1370. The fourth-order valence-corrected chi connectivity index (χ4v) is 3.75. The number of nitrogens with zero attached hydrogens (tertiary/aromatic N) is 4. The van der Waals surface area contributed by atoms with Gasteiger partial charge in [0.2, 0.25) is 0 Å². The zero-order chi connectivity index (χ0) is 21.4. The maximum Gasteiger partial charge on any atom is 0.329 e. The molecule has 2 aromatic heterocycles. The lowest BCUT2D eigenvalue weighted by Gasteiger charge is -2.00. The highest BCUT2D eigenvalue weighted by Gasteiger charge is 2.13. The van der Waals surface area contributed by atoms with E-state index in [9.17, 15) is 9.59 Å². The van der Waals surface area contributed by atoms with Gasteiger partial charge in [-0.05, 0) is 63.2 Å². The van der Waals surface area contributed by atoms with E-state index < -0.39 is 0 Å². The third-order valence-electron chi connectivity index (χ3n) is 5.18. The molecule has 2 aromatic carbocycles. The predicted molar refractivity (Wildman–Crippen MR) is 121 cm³/mol. The van der Waals surface area contributed by atoms with Gasteiger partial charge >= 0.3 is 5.69 Å². The normalized spacial score (nSPS) is 11.7. The number of aryl methyl sites for hydroxylation is 3. The molecule has 0 aliphatic heterocycles. The number of nitrogens with one attached hydrogen (secondary N) is 1. The first kappa shape index (κ1) is 20.0. The molecule has 0 saturated heterocycles. The Kier molecular flexibility index (Phi) is 5.22. The van der Waals surface area contributed by atoms with Crippen molar-refractivity contribution in [3.8, 4) is 5.69 Å². The summed E-state index contributed by atoms with van der Waals surface area (Å²) in [5.41, 5.74) is 4.06. The third kappa shape index (κ3) is 3.31. The molecule has 4 aromatic rings. The molecule has 0 aliphatic rings. The highest BCUT2D eigenvalue weighted by Crippen LogP contribution is 2.21. The van der Waals surface area contributed by atoms with Gasteiger partial charge in [0.1, 0.15) is 0 Å². The van der Waals surface area contributed by atoms with E-state index in [0.717, 1.165) is 11.0 Å². The number of imidazole rings is 1. The molecule has 1 N–H and O–H groups in total. The summed E-state index contributed by atoms with van der Waals surface area (Å²) in [6, 6.07) is 12.6. The van der Waals surface area contributed by atoms with E-state index in [2.05, 4.69) is 10.1 Å². The van der Waals surface area contributed by atoms with Crippen molar-refractivity contribution in [2.75, 3.05) is 0 Å². The minimum absolute atomic E-state index is 0.0246. The lowest BCUT2D eigenvalue weighted by Crippen LogP contribution is -2.22. The lowest BCUT2D eigenvalue weighted by atomic mass is 10.2. The summed E-state index contributed by atoms with van der Waals surface area (Å²) >= 11 is 5.93. The van der Waals surface area contributed by atoms with Crippen LogP contribution in [-0.2, 0) is 13.1 Å². The molecule has 7 nitrogen and oxygen atoms in total. The molecule has 4 rings (SSSR count). The molecular weight excluding hydrogens is 402 g/mol. The fraction of sp³-hybridized carbons (Fsp3) is 0.227. The van der Waals surface area contributed by atoms with Crippen molar-refractivity contribution in [1.29, 1.82) is 0 Å². The van der Waals surface area contributed by atoms with Crippen molar-refractivity contribution in [2.45, 2.75) is 33.9 Å². The minimum atomic E-state index is -0.192. The van der Waals surface area contributed by atoms with Crippen LogP contribution < -0.4 is 11.2 Å². The largest absolute Gasteiger partial charge is 0.329 e. The average molecular weight is 424 g/mol. The molecular formula is C22H22ClN5O2. The molecule has 8 heteroatoms. The second kappa shape index (κ2) is 7.84. The van der Waals surface area contributed by atoms with Gasteiger partial charge in [0, 0.05) is 30.0 Å². The molecule has 0 bridgehead atoms. The van der Waals surface area contributed by atoms with E-state index in [-0.39, 0.29) is 11.2 Å². The van der Waals surface area contributed by atoms with Crippen LogP contribution in [0.3, 0.4) is 0 Å². The molecule has 0 amide bonds. The van der Waals surface area contributed by atoms with Crippen molar-refractivity contribution in [3.63, 3.8) is 0 Å². The van der Waals surface area contributed by atoms with Crippen molar-refractivity contribution in [2.24, 2.45) is 4.99 Å². The van der Waals surface area contributed by atoms with Gasteiger partial charge in [-0.25, -0.2) is 9.48 Å². The van der Waals surface area contributed by atoms with Gasteiger partial charge < -0.3 is 0 Å². The van der Waals surface area contributed by atoms with Gasteiger partial charge in [-0.1, -0.05) is 11.6 Å². The summed E-state index contributed by atoms with van der Waals surface area (Å²) in [6.45, 7) is 6.91. The molecule has 0 spiro atoms. The fourth-order valence-electron chi connectivity index (χ4n) is 3.62. The number of hydrogen-bond donors (Lipinski definition) is 1. The van der Waals surface area contributed by atoms with Crippen LogP contribution in [0.5, 0.6) is 0 Å². The van der Waals surface area contributed by atoms with E-state index in [1.807, 2.05) is 39.0 Å². The van der Waals surface area contributed by atoms with Crippen molar-refractivity contribution >= 4 is 34.5 Å². The van der Waals surface area contributed by atoms with Crippen molar-refractivity contribution in [3.05, 3.63) is 79.6 Å². The zero-order valence-corrected chi connectivity index (χ0v) is 17.8. The Morgan fingerprint density at radius 2 is 1.67 bits per heavy atom. The number of halogens is 1. The topological polar surface area (TPSA) is 77.1 Å². The van der Waals surface area contributed by atoms with Gasteiger partial charge in [0.15, 0.2) is 0 Å². The number of aromatic amines is 1. The van der Waals surface area contributed by atoms with Crippen LogP contribution in [0.1, 0.15) is 25.1 Å². The van der Waals surface area contributed by atoms with Gasteiger partial charge in [-0.3, -0.25) is 24.0 Å². The van der Waals surface area contributed by atoms with Gasteiger partial charge in [-0.2, -0.15) is 0 Å². The van der Waals surface area contributed by atoms with Crippen LogP contribution in [0, 0.1) is 6.92 Å². The van der Waals surface area contributed by atoms with E-state index in [1.165, 1.54) is 4.68 Å². The van der Waals surface area contributed by atoms with Crippen molar-refractivity contribution < 1.29 is 0 Å². The van der Waals surface area contributed by atoms with Crippen LogP contribution in [0.25, 0.3) is 16.7 Å². The standard InChI is InChI=1S/C22H22ClN5O2/c1-4-26-19-11-8-16(12-20(19)27(5-2)22(26)30)24-13-18-14(3)25-28(21(18)29)17-9-6-15(23)7-10-17/h6-13,25H,4-5H2,1-3H3. The average Bonchev–Trinajstić information content (AvgIpc) is 3.18. The van der Waals surface area contributed by atoms with Crippen molar-refractivity contribution in [1.82, 2.24) is 18.9 Å². The molecule has 0 aliphatic carbocycles. The Labute approximate surface area is 177 Å². The number of H-pyrrole nitrogens is 1. The summed E-state index contributed by atoms with van der Waals surface area (Å²) < 4.78 is 4.94. The Hall–Kier alpha value is -3.32. The first-order chi connectivity index (χ1) is 14.4.